The molecule has 6 rings (SSSR count). The SMILES string of the molecule is Cn1cc(-c2ccc(-c3ccc4ncc5c(c4c3)n(C3CCCC3)c(=O)n5C)cn2)cn1. The van der Waals surface area contributed by atoms with Crippen molar-refractivity contribution in [3.63, 3.8) is 0 Å². The van der Waals surface area contributed by atoms with E-state index in [2.05, 4.69) is 33.3 Å². The molecule has 1 aromatic carbocycles. The molecule has 0 unspecified atom stereocenters. The molecule has 1 saturated carbocycles. The quantitative estimate of drug-likeness (QED) is 0.429. The van der Waals surface area contributed by atoms with Gasteiger partial charge in [0, 0.05) is 49.0 Å². The summed E-state index contributed by atoms with van der Waals surface area (Å²) in [6, 6.07) is 10.6. The Hall–Kier alpha value is -3.74. The average Bonchev–Trinajstić information content (AvgIpc) is 3.55. The summed E-state index contributed by atoms with van der Waals surface area (Å²) >= 11 is 0. The van der Waals surface area contributed by atoms with Gasteiger partial charge in [0.15, 0.2) is 0 Å². The maximum Gasteiger partial charge on any atom is 0.329 e. The minimum absolute atomic E-state index is 0.0501. The summed E-state index contributed by atoms with van der Waals surface area (Å²) in [6.07, 6.45) is 12.0. The van der Waals surface area contributed by atoms with E-state index in [0.717, 1.165) is 57.2 Å². The predicted octanol–water partition coefficient (Wildman–Crippen LogP) is 4.47. The standard InChI is InChI=1S/C25H24N6O/c1-29-15-18(13-28-29)21-9-8-17(12-26-21)16-7-10-22-20(11-16)24-23(14-27-22)30(2)25(32)31(24)19-5-3-4-6-19/h7-15,19H,3-6H2,1-2H3. The summed E-state index contributed by atoms with van der Waals surface area (Å²) in [5.74, 6) is 0. The van der Waals surface area contributed by atoms with Crippen LogP contribution in [-0.4, -0.2) is 28.9 Å². The molecule has 0 bridgehead atoms. The number of aryl methyl sites for hydroxylation is 2. The fraction of sp³-hybridized carbons (Fsp3) is 0.280. The number of hydrogen-bond acceptors (Lipinski definition) is 4. The van der Waals surface area contributed by atoms with Gasteiger partial charge in [-0.1, -0.05) is 25.0 Å². The molecule has 5 aromatic rings. The molecule has 7 heteroatoms. The van der Waals surface area contributed by atoms with Crippen LogP contribution in [0.5, 0.6) is 0 Å². The summed E-state index contributed by atoms with van der Waals surface area (Å²) in [4.78, 5) is 22.4. The first kappa shape index (κ1) is 19.0. The van der Waals surface area contributed by atoms with E-state index in [1.54, 1.807) is 9.25 Å². The molecule has 0 N–H and O–H groups in total. The number of benzene rings is 1. The van der Waals surface area contributed by atoms with Crippen molar-refractivity contribution >= 4 is 21.9 Å². The van der Waals surface area contributed by atoms with Gasteiger partial charge in [-0.15, -0.1) is 0 Å². The zero-order valence-electron chi connectivity index (χ0n) is 18.2. The maximum atomic E-state index is 13.1. The molecule has 160 valence electrons. The van der Waals surface area contributed by atoms with E-state index < -0.39 is 0 Å². The van der Waals surface area contributed by atoms with E-state index in [9.17, 15) is 4.79 Å². The highest BCUT2D eigenvalue weighted by Gasteiger charge is 2.24. The van der Waals surface area contributed by atoms with E-state index >= 15 is 0 Å². The Morgan fingerprint density at radius 3 is 2.44 bits per heavy atom. The molecule has 4 aromatic heterocycles. The van der Waals surface area contributed by atoms with Gasteiger partial charge in [-0.2, -0.15) is 5.10 Å². The van der Waals surface area contributed by atoms with Gasteiger partial charge in [0.05, 0.1) is 34.6 Å². The number of nitrogens with zero attached hydrogens (tertiary/aromatic N) is 6. The van der Waals surface area contributed by atoms with E-state index in [1.807, 2.05) is 55.6 Å². The van der Waals surface area contributed by atoms with E-state index in [-0.39, 0.29) is 11.7 Å². The van der Waals surface area contributed by atoms with Crippen molar-refractivity contribution in [3.8, 4) is 22.4 Å². The molecular weight excluding hydrogens is 400 g/mol. The van der Waals surface area contributed by atoms with Crippen molar-refractivity contribution in [3.05, 3.63) is 65.6 Å². The molecular formula is C25H24N6O. The van der Waals surface area contributed by atoms with Crippen LogP contribution in [-0.2, 0) is 14.1 Å². The molecule has 1 aliphatic carbocycles. The minimum Gasteiger partial charge on any atom is -0.293 e. The van der Waals surface area contributed by atoms with Crippen LogP contribution in [0.2, 0.25) is 0 Å². The van der Waals surface area contributed by atoms with Crippen molar-refractivity contribution in [1.29, 1.82) is 0 Å². The maximum absolute atomic E-state index is 13.1. The molecule has 4 heterocycles. The normalized spacial score (nSPS) is 14.7. The van der Waals surface area contributed by atoms with Gasteiger partial charge < -0.3 is 0 Å². The average molecular weight is 425 g/mol. The molecule has 32 heavy (non-hydrogen) atoms. The van der Waals surface area contributed by atoms with Crippen molar-refractivity contribution in [2.45, 2.75) is 31.7 Å². The molecule has 0 saturated heterocycles. The van der Waals surface area contributed by atoms with Gasteiger partial charge in [0.25, 0.3) is 0 Å². The van der Waals surface area contributed by atoms with Crippen LogP contribution in [0.15, 0.2) is 59.9 Å². The summed E-state index contributed by atoms with van der Waals surface area (Å²) in [6.45, 7) is 0. The number of pyridine rings is 2. The fourth-order valence-corrected chi connectivity index (χ4v) is 5.00. The van der Waals surface area contributed by atoms with Gasteiger partial charge in [-0.3, -0.25) is 23.8 Å². The lowest BCUT2D eigenvalue weighted by Gasteiger charge is -2.13. The lowest BCUT2D eigenvalue weighted by molar-refractivity contribution is 0.510. The summed E-state index contributed by atoms with van der Waals surface area (Å²) in [5, 5.41) is 5.24. The van der Waals surface area contributed by atoms with Crippen LogP contribution in [0.4, 0.5) is 0 Å². The van der Waals surface area contributed by atoms with Gasteiger partial charge >= 0.3 is 5.69 Å². The van der Waals surface area contributed by atoms with Gasteiger partial charge in [-0.05, 0) is 36.6 Å². The lowest BCUT2D eigenvalue weighted by atomic mass is 10.0. The zero-order chi connectivity index (χ0) is 21.8. The second-order valence-electron chi connectivity index (χ2n) is 8.71. The summed E-state index contributed by atoms with van der Waals surface area (Å²) in [7, 11) is 3.74. The van der Waals surface area contributed by atoms with Crippen LogP contribution in [0, 0.1) is 0 Å². The van der Waals surface area contributed by atoms with Crippen LogP contribution >= 0.6 is 0 Å². The van der Waals surface area contributed by atoms with Crippen LogP contribution in [0.1, 0.15) is 31.7 Å². The topological polar surface area (TPSA) is 70.5 Å². The van der Waals surface area contributed by atoms with E-state index in [1.165, 1.54) is 12.8 Å². The van der Waals surface area contributed by atoms with E-state index in [0.29, 0.717) is 0 Å². The Kier molecular flexibility index (Phi) is 4.24. The first-order chi connectivity index (χ1) is 15.6. The smallest absolute Gasteiger partial charge is 0.293 e. The Bertz CT molecular complexity index is 1520. The third kappa shape index (κ3) is 2.88. The Balaban J connectivity index is 1.51. The molecule has 0 aliphatic heterocycles. The van der Waals surface area contributed by atoms with Crippen molar-refractivity contribution in [1.82, 2.24) is 28.9 Å². The highest BCUT2D eigenvalue weighted by atomic mass is 16.1. The highest BCUT2D eigenvalue weighted by Crippen LogP contribution is 2.34. The van der Waals surface area contributed by atoms with Crippen LogP contribution < -0.4 is 5.69 Å². The predicted molar refractivity (Wildman–Crippen MR) is 125 cm³/mol. The Labute approximate surface area is 185 Å². The molecule has 0 amide bonds. The first-order valence-electron chi connectivity index (χ1n) is 11.1. The van der Waals surface area contributed by atoms with Gasteiger partial charge in [0.2, 0.25) is 0 Å². The third-order valence-corrected chi connectivity index (χ3v) is 6.70. The van der Waals surface area contributed by atoms with Crippen LogP contribution in [0.25, 0.3) is 44.3 Å². The van der Waals surface area contributed by atoms with Gasteiger partial charge in [0.1, 0.15) is 0 Å². The lowest BCUT2D eigenvalue weighted by Crippen LogP contribution is -2.24. The number of imidazole rings is 1. The molecule has 0 spiro atoms. The largest absolute Gasteiger partial charge is 0.329 e. The number of hydrogen-bond donors (Lipinski definition) is 0. The zero-order valence-corrected chi connectivity index (χ0v) is 18.2. The fourth-order valence-electron chi connectivity index (χ4n) is 5.00. The van der Waals surface area contributed by atoms with Crippen molar-refractivity contribution in [2.75, 3.05) is 0 Å². The number of aromatic nitrogens is 6. The third-order valence-electron chi connectivity index (χ3n) is 6.70. The second kappa shape index (κ2) is 7.15. The van der Waals surface area contributed by atoms with E-state index in [4.69, 9.17) is 0 Å². The van der Waals surface area contributed by atoms with Crippen molar-refractivity contribution < 1.29 is 0 Å². The van der Waals surface area contributed by atoms with Crippen molar-refractivity contribution in [2.24, 2.45) is 14.1 Å². The minimum atomic E-state index is 0.0501. The summed E-state index contributed by atoms with van der Waals surface area (Å²) in [5.41, 5.74) is 6.81. The monoisotopic (exact) mass is 424 g/mol. The molecule has 0 atom stereocenters. The Morgan fingerprint density at radius 1 is 0.906 bits per heavy atom. The number of fused-ring (bicyclic) bond motifs is 3. The number of rotatable bonds is 3. The summed E-state index contributed by atoms with van der Waals surface area (Å²) < 4.78 is 5.52. The first-order valence-corrected chi connectivity index (χ1v) is 11.1. The molecule has 1 fully saturated rings. The van der Waals surface area contributed by atoms with Gasteiger partial charge in [-0.25, -0.2) is 4.79 Å². The van der Waals surface area contributed by atoms with Crippen LogP contribution in [0.3, 0.4) is 0 Å². The highest BCUT2D eigenvalue weighted by molar-refractivity contribution is 6.04. The Morgan fingerprint density at radius 2 is 1.72 bits per heavy atom. The second-order valence-corrected chi connectivity index (χ2v) is 8.71. The molecule has 0 radical (unpaired) electrons. The molecule has 7 nitrogen and oxygen atoms in total. The molecule has 1 aliphatic rings.